The van der Waals surface area contributed by atoms with Crippen LogP contribution in [0.3, 0.4) is 0 Å². The summed E-state index contributed by atoms with van der Waals surface area (Å²) in [6, 6.07) is 6.41. The van der Waals surface area contributed by atoms with Crippen molar-refractivity contribution in [2.24, 2.45) is 0 Å². The number of alkyl halides is 3. The molecular formula is C19H27F3N2. The second kappa shape index (κ2) is 7.77. The Labute approximate surface area is 142 Å². The van der Waals surface area contributed by atoms with Gasteiger partial charge in [0, 0.05) is 37.9 Å². The summed E-state index contributed by atoms with van der Waals surface area (Å²) in [6.45, 7) is 3.55. The van der Waals surface area contributed by atoms with Crippen molar-refractivity contribution in [1.82, 2.24) is 4.90 Å². The highest BCUT2D eigenvalue weighted by molar-refractivity contribution is 5.49. The molecule has 1 saturated heterocycles. The lowest BCUT2D eigenvalue weighted by molar-refractivity contribution is -0.137. The van der Waals surface area contributed by atoms with Gasteiger partial charge >= 0.3 is 6.18 Å². The zero-order valence-electron chi connectivity index (χ0n) is 14.2. The first-order valence-electron chi connectivity index (χ1n) is 9.20. The summed E-state index contributed by atoms with van der Waals surface area (Å²) in [5.74, 6) is 0. The van der Waals surface area contributed by atoms with Crippen molar-refractivity contribution >= 4 is 5.69 Å². The predicted octanol–water partition coefficient (Wildman–Crippen LogP) is 4.94. The second-order valence-corrected chi connectivity index (χ2v) is 7.07. The summed E-state index contributed by atoms with van der Waals surface area (Å²) in [4.78, 5) is 4.66. The Morgan fingerprint density at radius 1 is 0.833 bits per heavy atom. The minimum absolute atomic E-state index is 0.553. The van der Waals surface area contributed by atoms with E-state index in [1.807, 2.05) is 0 Å². The third kappa shape index (κ3) is 4.44. The molecule has 0 N–H and O–H groups in total. The molecule has 1 aromatic carbocycles. The molecule has 0 aromatic heterocycles. The van der Waals surface area contributed by atoms with E-state index in [1.165, 1.54) is 57.1 Å². The van der Waals surface area contributed by atoms with Crippen molar-refractivity contribution in [3.63, 3.8) is 0 Å². The third-order valence-corrected chi connectivity index (χ3v) is 5.44. The van der Waals surface area contributed by atoms with Gasteiger partial charge in [0.1, 0.15) is 0 Å². The Bertz CT molecular complexity index is 514. The van der Waals surface area contributed by atoms with Gasteiger partial charge < -0.3 is 4.90 Å². The number of hydrogen-bond donors (Lipinski definition) is 0. The molecule has 3 rings (SSSR count). The molecular weight excluding hydrogens is 313 g/mol. The molecule has 0 radical (unpaired) electrons. The quantitative estimate of drug-likeness (QED) is 0.752. The summed E-state index contributed by atoms with van der Waals surface area (Å²) in [5.41, 5.74) is 0.143. The summed E-state index contributed by atoms with van der Waals surface area (Å²) in [7, 11) is 0. The fraction of sp³-hybridized carbons (Fsp3) is 0.684. The number of nitrogens with zero attached hydrogens (tertiary/aromatic N) is 2. The van der Waals surface area contributed by atoms with Crippen LogP contribution < -0.4 is 4.90 Å². The van der Waals surface area contributed by atoms with Gasteiger partial charge in [-0.15, -0.1) is 0 Å². The molecule has 2 nitrogen and oxygen atoms in total. The average Bonchev–Trinajstić information content (AvgIpc) is 2.54. The fourth-order valence-electron chi connectivity index (χ4n) is 4.02. The minimum Gasteiger partial charge on any atom is -0.369 e. The van der Waals surface area contributed by atoms with Gasteiger partial charge in [-0.3, -0.25) is 4.90 Å². The molecule has 5 heteroatoms. The first-order valence-corrected chi connectivity index (χ1v) is 9.20. The van der Waals surface area contributed by atoms with Crippen LogP contribution >= 0.6 is 0 Å². The number of piperazine rings is 1. The molecule has 24 heavy (non-hydrogen) atoms. The summed E-state index contributed by atoms with van der Waals surface area (Å²) < 4.78 is 38.7. The molecule has 0 bridgehead atoms. The van der Waals surface area contributed by atoms with Crippen LogP contribution in [0.15, 0.2) is 24.3 Å². The van der Waals surface area contributed by atoms with Gasteiger partial charge in [-0.25, -0.2) is 0 Å². The highest BCUT2D eigenvalue weighted by atomic mass is 19.4. The Morgan fingerprint density at radius 3 is 2.08 bits per heavy atom. The van der Waals surface area contributed by atoms with E-state index in [9.17, 15) is 13.2 Å². The Balaban J connectivity index is 1.58. The fourth-order valence-corrected chi connectivity index (χ4v) is 4.02. The van der Waals surface area contributed by atoms with Crippen LogP contribution in [0.5, 0.6) is 0 Å². The number of benzene rings is 1. The van der Waals surface area contributed by atoms with E-state index in [0.29, 0.717) is 11.7 Å². The monoisotopic (exact) mass is 340 g/mol. The highest BCUT2D eigenvalue weighted by Gasteiger charge is 2.31. The van der Waals surface area contributed by atoms with Gasteiger partial charge in [-0.05, 0) is 31.0 Å². The largest absolute Gasteiger partial charge is 0.416 e. The topological polar surface area (TPSA) is 6.48 Å². The molecule has 0 unspecified atom stereocenters. The van der Waals surface area contributed by atoms with Crippen LogP contribution in [0.25, 0.3) is 0 Å². The smallest absolute Gasteiger partial charge is 0.369 e. The van der Waals surface area contributed by atoms with E-state index in [-0.39, 0.29) is 0 Å². The number of hydrogen-bond acceptors (Lipinski definition) is 2. The van der Waals surface area contributed by atoms with E-state index >= 15 is 0 Å². The van der Waals surface area contributed by atoms with Crippen LogP contribution in [-0.2, 0) is 6.18 Å². The average molecular weight is 340 g/mol. The molecule has 134 valence electrons. The maximum absolute atomic E-state index is 12.9. The Hall–Kier alpha value is -1.23. The minimum atomic E-state index is -4.27. The van der Waals surface area contributed by atoms with Crippen molar-refractivity contribution in [3.05, 3.63) is 29.8 Å². The Morgan fingerprint density at radius 2 is 1.46 bits per heavy atom. The van der Waals surface area contributed by atoms with Crippen molar-refractivity contribution in [2.45, 2.75) is 57.2 Å². The van der Waals surface area contributed by atoms with Crippen LogP contribution in [0.2, 0.25) is 0 Å². The normalized spacial score (nSPS) is 22.2. The molecule has 0 atom stereocenters. The molecule has 2 aliphatic rings. The van der Waals surface area contributed by atoms with Crippen LogP contribution in [0.1, 0.15) is 50.5 Å². The van der Waals surface area contributed by atoms with Crippen molar-refractivity contribution in [3.8, 4) is 0 Å². The van der Waals surface area contributed by atoms with Gasteiger partial charge in [0.2, 0.25) is 0 Å². The van der Waals surface area contributed by atoms with E-state index in [2.05, 4.69) is 9.80 Å². The maximum atomic E-state index is 12.9. The lowest BCUT2D eigenvalue weighted by atomic mass is 9.95. The molecule has 2 fully saturated rings. The van der Waals surface area contributed by atoms with Gasteiger partial charge in [0.25, 0.3) is 0 Å². The summed E-state index contributed by atoms with van der Waals surface area (Å²) in [5, 5.41) is 0. The maximum Gasteiger partial charge on any atom is 0.416 e. The van der Waals surface area contributed by atoms with Crippen LogP contribution in [-0.4, -0.2) is 37.1 Å². The molecule has 1 heterocycles. The molecule has 1 saturated carbocycles. The van der Waals surface area contributed by atoms with E-state index in [1.54, 1.807) is 6.07 Å². The first kappa shape index (κ1) is 17.6. The van der Waals surface area contributed by atoms with Gasteiger partial charge in [-0.1, -0.05) is 38.2 Å². The molecule has 0 amide bonds. The van der Waals surface area contributed by atoms with Crippen molar-refractivity contribution < 1.29 is 13.2 Å². The lowest BCUT2D eigenvalue weighted by Gasteiger charge is -2.41. The van der Waals surface area contributed by atoms with Crippen LogP contribution in [0.4, 0.5) is 18.9 Å². The number of halogens is 3. The summed E-state index contributed by atoms with van der Waals surface area (Å²) >= 11 is 0. The second-order valence-electron chi connectivity index (χ2n) is 7.07. The molecule has 1 aliphatic carbocycles. The van der Waals surface area contributed by atoms with Crippen molar-refractivity contribution in [1.29, 1.82) is 0 Å². The highest BCUT2D eigenvalue weighted by Crippen LogP contribution is 2.32. The Kier molecular flexibility index (Phi) is 5.69. The van der Waals surface area contributed by atoms with Crippen molar-refractivity contribution in [2.75, 3.05) is 31.1 Å². The molecule has 0 spiro atoms. The van der Waals surface area contributed by atoms with E-state index in [0.717, 1.165) is 32.2 Å². The summed E-state index contributed by atoms with van der Waals surface area (Å²) in [6.07, 6.45) is 5.00. The number of anilines is 1. The predicted molar refractivity (Wildman–Crippen MR) is 91.3 cm³/mol. The lowest BCUT2D eigenvalue weighted by Crippen LogP contribution is -2.50. The standard InChI is InChI=1S/C19H27F3N2/c20-19(21,22)16-7-6-10-18(15-16)24-13-11-23(12-14-24)17-8-4-2-1-3-5-9-17/h6-7,10,15,17H,1-5,8-9,11-14H2. The van der Waals surface area contributed by atoms with Crippen LogP contribution in [0, 0.1) is 0 Å². The zero-order chi connectivity index (χ0) is 17.0. The van der Waals surface area contributed by atoms with E-state index in [4.69, 9.17) is 0 Å². The third-order valence-electron chi connectivity index (χ3n) is 5.44. The number of rotatable bonds is 2. The molecule has 1 aromatic rings. The zero-order valence-corrected chi connectivity index (χ0v) is 14.2. The molecule has 1 aliphatic heterocycles. The first-order chi connectivity index (χ1) is 11.5. The van der Waals surface area contributed by atoms with Gasteiger partial charge in [0.15, 0.2) is 0 Å². The SMILES string of the molecule is FC(F)(F)c1cccc(N2CCN(C3CCCCCCC3)CC2)c1. The van der Waals surface area contributed by atoms with Gasteiger partial charge in [0.05, 0.1) is 5.56 Å². The van der Waals surface area contributed by atoms with E-state index < -0.39 is 11.7 Å². The van der Waals surface area contributed by atoms with Gasteiger partial charge in [-0.2, -0.15) is 13.2 Å².